The molecule has 13 heavy (non-hydrogen) atoms. The Morgan fingerprint density at radius 2 is 2.23 bits per heavy atom. The number of hydrogen-bond acceptors (Lipinski definition) is 2. The van der Waals surface area contributed by atoms with Gasteiger partial charge in [-0.05, 0) is 38.1 Å². The van der Waals surface area contributed by atoms with Crippen molar-refractivity contribution in [2.75, 3.05) is 20.3 Å². The summed E-state index contributed by atoms with van der Waals surface area (Å²) in [7, 11) is 2.03. The molecule has 1 heterocycles. The van der Waals surface area contributed by atoms with Crippen molar-refractivity contribution in [2.45, 2.75) is 39.7 Å². The van der Waals surface area contributed by atoms with Gasteiger partial charge in [0.2, 0.25) is 0 Å². The molecule has 0 bridgehead atoms. The molecule has 2 nitrogen and oxygen atoms in total. The van der Waals surface area contributed by atoms with Gasteiger partial charge >= 0.3 is 0 Å². The van der Waals surface area contributed by atoms with Gasteiger partial charge in [0.05, 0.1) is 0 Å². The second-order valence-corrected chi connectivity index (χ2v) is 4.94. The summed E-state index contributed by atoms with van der Waals surface area (Å²) in [4.78, 5) is 0. The fourth-order valence-corrected chi connectivity index (χ4v) is 2.21. The largest absolute Gasteiger partial charge is 0.381 e. The molecular weight excluding hydrogens is 162 g/mol. The van der Waals surface area contributed by atoms with E-state index in [1.54, 1.807) is 0 Å². The molecule has 0 saturated carbocycles. The molecule has 1 aliphatic rings. The van der Waals surface area contributed by atoms with Gasteiger partial charge in [-0.2, -0.15) is 0 Å². The fourth-order valence-electron chi connectivity index (χ4n) is 2.21. The Balaban J connectivity index is 2.43. The third-order valence-corrected chi connectivity index (χ3v) is 3.36. The molecule has 2 unspecified atom stereocenters. The van der Waals surface area contributed by atoms with Gasteiger partial charge < -0.3 is 10.1 Å². The minimum absolute atomic E-state index is 0.416. The third-order valence-electron chi connectivity index (χ3n) is 3.36. The van der Waals surface area contributed by atoms with Gasteiger partial charge in [-0.1, -0.05) is 13.8 Å². The normalized spacial score (nSPS) is 26.3. The highest BCUT2D eigenvalue weighted by molar-refractivity contribution is 4.83. The van der Waals surface area contributed by atoms with E-state index in [2.05, 4.69) is 26.1 Å². The lowest BCUT2D eigenvalue weighted by Crippen LogP contribution is -2.33. The second-order valence-electron chi connectivity index (χ2n) is 4.94. The monoisotopic (exact) mass is 185 g/mol. The van der Waals surface area contributed by atoms with E-state index >= 15 is 0 Å². The van der Waals surface area contributed by atoms with Crippen LogP contribution in [0.2, 0.25) is 0 Å². The zero-order valence-corrected chi connectivity index (χ0v) is 9.39. The third kappa shape index (κ3) is 2.96. The summed E-state index contributed by atoms with van der Waals surface area (Å²) in [6.45, 7) is 8.89. The molecule has 1 N–H and O–H groups in total. The number of ether oxygens (including phenoxy) is 1. The van der Waals surface area contributed by atoms with Crippen molar-refractivity contribution < 1.29 is 4.74 Å². The van der Waals surface area contributed by atoms with Crippen molar-refractivity contribution >= 4 is 0 Å². The molecule has 0 aromatic carbocycles. The summed E-state index contributed by atoms with van der Waals surface area (Å²) >= 11 is 0. The van der Waals surface area contributed by atoms with E-state index in [0.29, 0.717) is 11.5 Å². The van der Waals surface area contributed by atoms with Gasteiger partial charge in [-0.15, -0.1) is 0 Å². The Morgan fingerprint density at radius 1 is 1.54 bits per heavy atom. The molecule has 2 heteroatoms. The van der Waals surface area contributed by atoms with Crippen molar-refractivity contribution in [1.82, 2.24) is 5.32 Å². The standard InChI is InChI=1S/C11H23NO/c1-9(12-4)7-11(2,3)10-5-6-13-8-10/h9-10,12H,5-8H2,1-4H3. The maximum atomic E-state index is 5.44. The molecule has 0 aliphatic carbocycles. The maximum Gasteiger partial charge on any atom is 0.0500 e. The predicted molar refractivity (Wildman–Crippen MR) is 55.8 cm³/mol. The van der Waals surface area contributed by atoms with Gasteiger partial charge in [0.1, 0.15) is 0 Å². The van der Waals surface area contributed by atoms with Crippen LogP contribution in [0.5, 0.6) is 0 Å². The Kier molecular flexibility index (Phi) is 3.74. The summed E-state index contributed by atoms with van der Waals surface area (Å²) < 4.78 is 5.44. The van der Waals surface area contributed by atoms with E-state index in [1.807, 2.05) is 7.05 Å². The topological polar surface area (TPSA) is 21.3 Å². The number of nitrogens with one attached hydrogen (secondary N) is 1. The number of hydrogen-bond donors (Lipinski definition) is 1. The summed E-state index contributed by atoms with van der Waals surface area (Å²) in [6, 6.07) is 0.607. The van der Waals surface area contributed by atoms with Crippen molar-refractivity contribution in [3.8, 4) is 0 Å². The van der Waals surface area contributed by atoms with Crippen LogP contribution in [0.15, 0.2) is 0 Å². The highest BCUT2D eigenvalue weighted by atomic mass is 16.5. The Morgan fingerprint density at radius 3 is 2.69 bits per heavy atom. The van der Waals surface area contributed by atoms with Crippen LogP contribution in [0, 0.1) is 11.3 Å². The summed E-state index contributed by atoms with van der Waals surface area (Å²) in [5.74, 6) is 0.753. The van der Waals surface area contributed by atoms with Crippen LogP contribution in [0.3, 0.4) is 0 Å². The molecular formula is C11H23NO. The van der Waals surface area contributed by atoms with Gasteiger partial charge in [-0.3, -0.25) is 0 Å². The van der Waals surface area contributed by atoms with Crippen LogP contribution in [0.1, 0.15) is 33.6 Å². The van der Waals surface area contributed by atoms with Crippen LogP contribution in [-0.2, 0) is 4.74 Å². The molecule has 78 valence electrons. The zero-order chi connectivity index (χ0) is 9.90. The zero-order valence-electron chi connectivity index (χ0n) is 9.39. The Bertz CT molecular complexity index is 150. The van der Waals surface area contributed by atoms with Crippen molar-refractivity contribution in [3.05, 3.63) is 0 Å². The van der Waals surface area contributed by atoms with E-state index in [9.17, 15) is 0 Å². The second kappa shape index (κ2) is 4.43. The van der Waals surface area contributed by atoms with Crippen molar-refractivity contribution in [2.24, 2.45) is 11.3 Å². The van der Waals surface area contributed by atoms with Crippen molar-refractivity contribution in [1.29, 1.82) is 0 Å². The van der Waals surface area contributed by atoms with Gasteiger partial charge in [0.15, 0.2) is 0 Å². The van der Waals surface area contributed by atoms with Gasteiger partial charge in [-0.25, -0.2) is 0 Å². The van der Waals surface area contributed by atoms with E-state index < -0.39 is 0 Å². The van der Waals surface area contributed by atoms with Crippen LogP contribution in [0.25, 0.3) is 0 Å². The molecule has 1 rings (SSSR count). The quantitative estimate of drug-likeness (QED) is 0.723. The average molecular weight is 185 g/mol. The molecule has 0 radical (unpaired) electrons. The first-order valence-corrected chi connectivity index (χ1v) is 5.31. The highest BCUT2D eigenvalue weighted by Gasteiger charge is 2.33. The summed E-state index contributed by atoms with van der Waals surface area (Å²) in [5, 5.41) is 3.30. The van der Waals surface area contributed by atoms with Crippen LogP contribution in [-0.4, -0.2) is 26.3 Å². The first kappa shape index (κ1) is 11.0. The fraction of sp³-hybridized carbons (Fsp3) is 1.00. The van der Waals surface area contributed by atoms with Gasteiger partial charge in [0.25, 0.3) is 0 Å². The average Bonchev–Trinajstić information content (AvgIpc) is 2.55. The lowest BCUT2D eigenvalue weighted by Gasteiger charge is -2.33. The van der Waals surface area contributed by atoms with Crippen LogP contribution in [0.4, 0.5) is 0 Å². The summed E-state index contributed by atoms with van der Waals surface area (Å²) in [5.41, 5.74) is 0.416. The van der Waals surface area contributed by atoms with Crippen LogP contribution >= 0.6 is 0 Å². The molecule has 0 aromatic rings. The minimum Gasteiger partial charge on any atom is -0.381 e. The number of rotatable bonds is 4. The van der Waals surface area contributed by atoms with Crippen molar-refractivity contribution in [3.63, 3.8) is 0 Å². The Hall–Kier alpha value is -0.0800. The Labute approximate surface area is 82.0 Å². The van der Waals surface area contributed by atoms with Gasteiger partial charge in [0, 0.05) is 19.3 Å². The van der Waals surface area contributed by atoms with Crippen LogP contribution < -0.4 is 5.32 Å². The molecule has 1 aliphatic heterocycles. The SMILES string of the molecule is CNC(C)CC(C)(C)C1CCOC1. The first-order chi connectivity index (χ1) is 6.06. The molecule has 0 spiro atoms. The first-order valence-electron chi connectivity index (χ1n) is 5.31. The lowest BCUT2D eigenvalue weighted by molar-refractivity contribution is 0.130. The maximum absolute atomic E-state index is 5.44. The molecule has 0 amide bonds. The molecule has 2 atom stereocenters. The van der Waals surface area contributed by atoms with E-state index in [0.717, 1.165) is 19.1 Å². The van der Waals surface area contributed by atoms with E-state index in [1.165, 1.54) is 12.8 Å². The smallest absolute Gasteiger partial charge is 0.0500 e. The molecule has 0 aromatic heterocycles. The molecule has 1 saturated heterocycles. The lowest BCUT2D eigenvalue weighted by atomic mass is 9.74. The minimum atomic E-state index is 0.416. The summed E-state index contributed by atoms with van der Waals surface area (Å²) in [6.07, 6.45) is 2.47. The predicted octanol–water partition coefficient (Wildman–Crippen LogP) is 2.05. The highest BCUT2D eigenvalue weighted by Crippen LogP contribution is 2.36. The van der Waals surface area contributed by atoms with E-state index in [4.69, 9.17) is 4.74 Å². The molecule has 1 fully saturated rings. The van der Waals surface area contributed by atoms with E-state index in [-0.39, 0.29) is 0 Å².